The van der Waals surface area contributed by atoms with E-state index >= 15 is 0 Å². The maximum Gasteiger partial charge on any atom is 0.321 e. The van der Waals surface area contributed by atoms with Gasteiger partial charge in [0.2, 0.25) is 0 Å². The number of hydrogen-bond acceptors (Lipinski definition) is 3. The zero-order chi connectivity index (χ0) is 14.3. The van der Waals surface area contributed by atoms with Gasteiger partial charge in [0, 0.05) is 18.0 Å². The van der Waals surface area contributed by atoms with E-state index in [1.54, 1.807) is 0 Å². The van der Waals surface area contributed by atoms with Crippen molar-refractivity contribution in [2.75, 3.05) is 0 Å². The summed E-state index contributed by atoms with van der Waals surface area (Å²) in [7, 11) is 0. The van der Waals surface area contributed by atoms with Gasteiger partial charge in [0.15, 0.2) is 0 Å². The predicted octanol–water partition coefficient (Wildman–Crippen LogP) is 2.05. The smallest absolute Gasteiger partial charge is 0.321 e. The molecule has 0 radical (unpaired) electrons. The Hall–Kier alpha value is -1.39. The van der Waals surface area contributed by atoms with Crippen LogP contribution in [-0.4, -0.2) is 39.3 Å². The number of benzene rings is 1. The van der Waals surface area contributed by atoms with Gasteiger partial charge in [-0.3, -0.25) is 9.69 Å². The van der Waals surface area contributed by atoms with Crippen molar-refractivity contribution in [3.63, 3.8) is 0 Å². The average Bonchev–Trinajstić information content (AvgIpc) is 2.47. The molecule has 4 unspecified atom stereocenters. The maximum absolute atomic E-state index is 11.7. The molecule has 3 aliphatic rings. The Kier molecular flexibility index (Phi) is 3.52. The summed E-state index contributed by atoms with van der Waals surface area (Å²) in [5, 5.41) is 19.7. The fraction of sp³-hybridized carbons (Fsp3) is 0.562. The zero-order valence-corrected chi connectivity index (χ0v) is 11.6. The van der Waals surface area contributed by atoms with E-state index in [0.29, 0.717) is 6.42 Å². The Labute approximate surface area is 119 Å². The molecule has 4 nitrogen and oxygen atoms in total. The topological polar surface area (TPSA) is 60.8 Å². The molecule has 0 aromatic heterocycles. The monoisotopic (exact) mass is 275 g/mol. The van der Waals surface area contributed by atoms with Crippen LogP contribution < -0.4 is 0 Å². The van der Waals surface area contributed by atoms with Crippen LogP contribution in [0.2, 0.25) is 0 Å². The van der Waals surface area contributed by atoms with Gasteiger partial charge < -0.3 is 10.2 Å². The standard InChI is InChI=1S/C16H21NO3/c1-10(11-5-3-2-4-6-11)17-12-7-8-13(14(18)9-12)15(17)16(19)20/h2-6,10,12-15,18H,7-9H2,1H3,(H,19,20)/t10-,12?,13?,14?,15?/m1/s1. The van der Waals surface area contributed by atoms with Crippen molar-refractivity contribution in [3.8, 4) is 0 Å². The van der Waals surface area contributed by atoms with E-state index < -0.39 is 18.1 Å². The lowest BCUT2D eigenvalue weighted by Crippen LogP contribution is -2.63. The maximum atomic E-state index is 11.7. The predicted molar refractivity (Wildman–Crippen MR) is 75.3 cm³/mol. The third-order valence-electron chi connectivity index (χ3n) is 4.97. The number of piperidine rings is 2. The minimum absolute atomic E-state index is 0.0672. The number of aliphatic hydroxyl groups is 1. The first-order chi connectivity index (χ1) is 9.59. The third kappa shape index (κ3) is 2.13. The number of aliphatic carboxylic acids is 1. The van der Waals surface area contributed by atoms with E-state index in [0.717, 1.165) is 18.4 Å². The Bertz CT molecular complexity index is 490. The summed E-state index contributed by atoms with van der Waals surface area (Å²) in [5.74, 6) is -0.940. The lowest BCUT2D eigenvalue weighted by molar-refractivity contribution is -0.166. The molecule has 2 saturated heterocycles. The van der Waals surface area contributed by atoms with E-state index in [4.69, 9.17) is 0 Å². The molecule has 2 heterocycles. The molecule has 4 heteroatoms. The SMILES string of the molecule is C[C@H](c1ccccc1)N1C2CCC(C(O)C2)C1C(=O)O. The summed E-state index contributed by atoms with van der Waals surface area (Å²) in [6, 6.07) is 9.70. The Balaban J connectivity index is 1.92. The van der Waals surface area contributed by atoms with Gasteiger partial charge in [0.25, 0.3) is 0 Å². The van der Waals surface area contributed by atoms with Crippen molar-refractivity contribution in [3.05, 3.63) is 35.9 Å². The van der Waals surface area contributed by atoms with Crippen molar-refractivity contribution in [1.82, 2.24) is 4.90 Å². The molecular formula is C16H21NO3. The van der Waals surface area contributed by atoms with E-state index in [2.05, 4.69) is 11.8 Å². The van der Waals surface area contributed by atoms with Gasteiger partial charge in [-0.25, -0.2) is 0 Å². The van der Waals surface area contributed by atoms with E-state index in [1.165, 1.54) is 0 Å². The van der Waals surface area contributed by atoms with Crippen LogP contribution in [0, 0.1) is 5.92 Å². The van der Waals surface area contributed by atoms with Crippen LogP contribution in [0.15, 0.2) is 30.3 Å². The van der Waals surface area contributed by atoms with Crippen LogP contribution in [0.5, 0.6) is 0 Å². The van der Waals surface area contributed by atoms with Crippen molar-refractivity contribution in [1.29, 1.82) is 0 Å². The molecule has 0 spiro atoms. The Morgan fingerprint density at radius 3 is 2.60 bits per heavy atom. The van der Waals surface area contributed by atoms with Crippen LogP contribution in [0.25, 0.3) is 0 Å². The third-order valence-corrected chi connectivity index (χ3v) is 4.97. The fourth-order valence-corrected chi connectivity index (χ4v) is 4.01. The molecule has 2 bridgehead atoms. The number of hydrogen-bond donors (Lipinski definition) is 2. The van der Waals surface area contributed by atoms with Crippen molar-refractivity contribution in [2.45, 2.75) is 50.4 Å². The van der Waals surface area contributed by atoms with Crippen molar-refractivity contribution < 1.29 is 15.0 Å². The minimum atomic E-state index is -0.804. The summed E-state index contributed by atoms with van der Waals surface area (Å²) in [6.45, 7) is 2.07. The quantitative estimate of drug-likeness (QED) is 0.886. The normalized spacial score (nSPS) is 34.9. The van der Waals surface area contributed by atoms with Gasteiger partial charge in [-0.2, -0.15) is 0 Å². The highest BCUT2D eigenvalue weighted by atomic mass is 16.4. The number of aliphatic hydroxyl groups excluding tert-OH is 1. The number of fused-ring (bicyclic) bond motifs is 3. The Morgan fingerprint density at radius 2 is 2.00 bits per heavy atom. The van der Waals surface area contributed by atoms with E-state index in [1.807, 2.05) is 30.3 Å². The zero-order valence-electron chi connectivity index (χ0n) is 11.6. The molecule has 3 fully saturated rings. The van der Waals surface area contributed by atoms with Crippen LogP contribution in [0.1, 0.15) is 37.8 Å². The molecule has 1 saturated carbocycles. The van der Waals surface area contributed by atoms with Gasteiger partial charge in [-0.1, -0.05) is 30.3 Å². The van der Waals surface area contributed by atoms with E-state index in [-0.39, 0.29) is 18.0 Å². The van der Waals surface area contributed by atoms with E-state index in [9.17, 15) is 15.0 Å². The molecule has 1 aliphatic carbocycles. The van der Waals surface area contributed by atoms with Crippen LogP contribution in [0.4, 0.5) is 0 Å². The van der Waals surface area contributed by atoms with Gasteiger partial charge >= 0.3 is 5.97 Å². The molecule has 2 aliphatic heterocycles. The first-order valence-corrected chi connectivity index (χ1v) is 7.33. The second-order valence-electron chi connectivity index (χ2n) is 6.02. The molecule has 4 rings (SSSR count). The highest BCUT2D eigenvalue weighted by molar-refractivity contribution is 5.74. The number of rotatable bonds is 3. The lowest BCUT2D eigenvalue weighted by Gasteiger charge is -2.54. The van der Waals surface area contributed by atoms with Crippen LogP contribution in [0.3, 0.4) is 0 Å². The molecule has 2 N–H and O–H groups in total. The Morgan fingerprint density at radius 1 is 1.30 bits per heavy atom. The molecule has 0 amide bonds. The summed E-state index contributed by atoms with van der Waals surface area (Å²) in [5.41, 5.74) is 1.14. The van der Waals surface area contributed by atoms with Crippen molar-refractivity contribution in [2.24, 2.45) is 5.92 Å². The first kappa shape index (κ1) is 13.6. The molecule has 20 heavy (non-hydrogen) atoms. The highest BCUT2D eigenvalue weighted by Crippen LogP contribution is 2.44. The molecule has 5 atom stereocenters. The first-order valence-electron chi connectivity index (χ1n) is 7.33. The summed E-state index contributed by atoms with van der Waals surface area (Å²) >= 11 is 0. The van der Waals surface area contributed by atoms with Gasteiger partial charge in [0.1, 0.15) is 6.04 Å². The number of carbonyl (C=O) groups is 1. The van der Waals surface area contributed by atoms with Crippen LogP contribution >= 0.6 is 0 Å². The van der Waals surface area contributed by atoms with Gasteiger partial charge in [-0.15, -0.1) is 0 Å². The minimum Gasteiger partial charge on any atom is -0.480 e. The average molecular weight is 275 g/mol. The lowest BCUT2D eigenvalue weighted by atomic mass is 9.71. The summed E-state index contributed by atoms with van der Waals surface area (Å²) in [4.78, 5) is 13.8. The van der Waals surface area contributed by atoms with Crippen LogP contribution in [-0.2, 0) is 4.79 Å². The second kappa shape index (κ2) is 5.19. The molecule has 1 aromatic carbocycles. The van der Waals surface area contributed by atoms with Gasteiger partial charge in [0.05, 0.1) is 6.10 Å². The number of nitrogens with zero attached hydrogens (tertiary/aromatic N) is 1. The second-order valence-corrected chi connectivity index (χ2v) is 6.02. The molecular weight excluding hydrogens is 254 g/mol. The number of carboxylic acids is 1. The molecule has 1 aromatic rings. The van der Waals surface area contributed by atoms with Crippen molar-refractivity contribution >= 4 is 5.97 Å². The highest BCUT2D eigenvalue weighted by Gasteiger charge is 2.51. The fourth-order valence-electron chi connectivity index (χ4n) is 4.01. The summed E-state index contributed by atoms with van der Waals surface area (Å²) in [6.07, 6.45) is 2.05. The molecule has 108 valence electrons. The summed E-state index contributed by atoms with van der Waals surface area (Å²) < 4.78 is 0. The number of carboxylic acid groups (broad SMARTS) is 1. The van der Waals surface area contributed by atoms with Gasteiger partial charge in [-0.05, 0) is 31.7 Å². The largest absolute Gasteiger partial charge is 0.480 e.